The van der Waals surface area contributed by atoms with E-state index in [4.69, 9.17) is 5.73 Å². The van der Waals surface area contributed by atoms with Crippen LogP contribution < -0.4 is 16.4 Å². The van der Waals surface area contributed by atoms with Crippen molar-refractivity contribution < 1.29 is 19.2 Å². The summed E-state index contributed by atoms with van der Waals surface area (Å²) in [5.41, 5.74) is 7.08. The molecule has 0 bridgehead atoms. The molecule has 4 N–H and O–H groups in total. The van der Waals surface area contributed by atoms with Crippen molar-refractivity contribution in [1.82, 2.24) is 10.2 Å². The summed E-state index contributed by atoms with van der Waals surface area (Å²) in [4.78, 5) is 49.5. The maximum absolute atomic E-state index is 12.7. The van der Waals surface area contributed by atoms with E-state index in [0.29, 0.717) is 5.92 Å². The molecule has 1 aliphatic carbocycles. The maximum Gasteiger partial charge on any atom is 0.262 e. The van der Waals surface area contributed by atoms with Gasteiger partial charge in [-0.15, -0.1) is 0 Å². The Kier molecular flexibility index (Phi) is 3.57. The van der Waals surface area contributed by atoms with Crippen LogP contribution in [-0.2, 0) is 9.59 Å². The fourth-order valence-corrected chi connectivity index (χ4v) is 3.34. The van der Waals surface area contributed by atoms with E-state index in [1.807, 2.05) is 0 Å². The topological polar surface area (TPSA) is 122 Å². The second-order valence-corrected chi connectivity index (χ2v) is 6.75. The van der Waals surface area contributed by atoms with Crippen LogP contribution in [0.2, 0.25) is 0 Å². The third-order valence-corrected chi connectivity index (χ3v) is 4.99. The van der Waals surface area contributed by atoms with Gasteiger partial charge >= 0.3 is 0 Å². The van der Waals surface area contributed by atoms with Crippen LogP contribution in [0.1, 0.15) is 40.0 Å². The Morgan fingerprint density at radius 3 is 2.56 bits per heavy atom. The molecule has 8 heteroatoms. The van der Waals surface area contributed by atoms with Gasteiger partial charge in [-0.05, 0) is 37.0 Å². The van der Waals surface area contributed by atoms with Gasteiger partial charge in [-0.3, -0.25) is 29.4 Å². The van der Waals surface area contributed by atoms with Crippen molar-refractivity contribution in [3.8, 4) is 0 Å². The quantitative estimate of drug-likeness (QED) is 0.654. The first-order valence-electron chi connectivity index (χ1n) is 8.31. The standard InChI is InChI=1S/C17H18N4O4/c18-12-5-8(12)7-19-9-1-2-10-11(6-9)17(25)21(16(10)24)13-3-4-14(22)20-15(13)23/h1-2,6,8,12-13,19H,3-5,7,18H2,(H,20,22,23)/t8-,12-,13?/m1/s1. The Morgan fingerprint density at radius 2 is 1.88 bits per heavy atom. The van der Waals surface area contributed by atoms with E-state index in [2.05, 4.69) is 10.6 Å². The molecule has 1 saturated carbocycles. The maximum atomic E-state index is 12.7. The highest BCUT2D eigenvalue weighted by Gasteiger charge is 2.44. The number of nitrogens with one attached hydrogen (secondary N) is 2. The predicted octanol–water partition coefficient (Wildman–Crippen LogP) is -0.153. The minimum atomic E-state index is -0.939. The fourth-order valence-electron chi connectivity index (χ4n) is 3.34. The number of nitrogens with two attached hydrogens (primary N) is 1. The Balaban J connectivity index is 1.54. The van der Waals surface area contributed by atoms with Gasteiger partial charge in [0.25, 0.3) is 11.8 Å². The molecule has 130 valence electrons. The van der Waals surface area contributed by atoms with Gasteiger partial charge in [0, 0.05) is 24.7 Å². The van der Waals surface area contributed by atoms with E-state index in [1.54, 1.807) is 18.2 Å². The smallest absolute Gasteiger partial charge is 0.262 e. The van der Waals surface area contributed by atoms with Gasteiger partial charge in [-0.25, -0.2) is 0 Å². The molecule has 25 heavy (non-hydrogen) atoms. The van der Waals surface area contributed by atoms with Gasteiger partial charge in [0.05, 0.1) is 11.1 Å². The molecular weight excluding hydrogens is 324 g/mol. The summed E-state index contributed by atoms with van der Waals surface area (Å²) < 4.78 is 0. The van der Waals surface area contributed by atoms with Crippen molar-refractivity contribution in [2.24, 2.45) is 11.7 Å². The predicted molar refractivity (Wildman–Crippen MR) is 87.7 cm³/mol. The van der Waals surface area contributed by atoms with Crippen LogP contribution in [0.3, 0.4) is 0 Å². The summed E-state index contributed by atoms with van der Waals surface area (Å²) in [6.07, 6.45) is 1.25. The van der Waals surface area contributed by atoms with Gasteiger partial charge in [-0.2, -0.15) is 0 Å². The van der Waals surface area contributed by atoms with Crippen LogP contribution in [0.15, 0.2) is 18.2 Å². The Labute approximate surface area is 143 Å². The number of hydrogen-bond acceptors (Lipinski definition) is 6. The summed E-state index contributed by atoms with van der Waals surface area (Å²) in [6.45, 7) is 0.721. The number of anilines is 1. The molecule has 8 nitrogen and oxygen atoms in total. The highest BCUT2D eigenvalue weighted by atomic mass is 16.2. The molecule has 1 aromatic carbocycles. The van der Waals surface area contributed by atoms with Gasteiger partial charge in [0.2, 0.25) is 11.8 Å². The average Bonchev–Trinajstić information content (AvgIpc) is 3.23. The minimum Gasteiger partial charge on any atom is -0.385 e. The molecule has 3 atom stereocenters. The molecule has 2 heterocycles. The normalized spacial score (nSPS) is 28.0. The monoisotopic (exact) mass is 342 g/mol. The zero-order chi connectivity index (χ0) is 17.7. The summed E-state index contributed by atoms with van der Waals surface area (Å²) in [5, 5.41) is 5.41. The molecular formula is C17H18N4O4. The lowest BCUT2D eigenvalue weighted by atomic mass is 10.0. The largest absolute Gasteiger partial charge is 0.385 e. The lowest BCUT2D eigenvalue weighted by Crippen LogP contribution is -2.54. The van der Waals surface area contributed by atoms with E-state index in [9.17, 15) is 19.2 Å². The van der Waals surface area contributed by atoms with Gasteiger partial charge in [-0.1, -0.05) is 0 Å². The number of rotatable bonds is 4. The number of piperidine rings is 1. The summed E-state index contributed by atoms with van der Waals surface area (Å²) in [6, 6.07) is 4.26. The molecule has 4 amide bonds. The number of nitrogens with zero attached hydrogens (tertiary/aromatic N) is 1. The van der Waals surface area contributed by atoms with E-state index in [1.165, 1.54) is 0 Å². The first kappa shape index (κ1) is 15.8. The molecule has 0 spiro atoms. The van der Waals surface area contributed by atoms with E-state index in [-0.39, 0.29) is 35.9 Å². The second-order valence-electron chi connectivity index (χ2n) is 6.75. The number of amides is 4. The van der Waals surface area contributed by atoms with Crippen molar-refractivity contribution in [3.63, 3.8) is 0 Å². The van der Waals surface area contributed by atoms with Crippen molar-refractivity contribution in [1.29, 1.82) is 0 Å². The SMILES string of the molecule is N[C@@H]1C[C@@H]1CNc1ccc2c(c1)C(=O)N(C1CCC(=O)NC1=O)C2=O. The highest BCUT2D eigenvalue weighted by molar-refractivity contribution is 6.23. The van der Waals surface area contributed by atoms with E-state index >= 15 is 0 Å². The Morgan fingerprint density at radius 1 is 1.16 bits per heavy atom. The van der Waals surface area contributed by atoms with Crippen LogP contribution in [-0.4, -0.2) is 47.2 Å². The molecule has 2 aliphatic heterocycles. The molecule has 3 aliphatic rings. The van der Waals surface area contributed by atoms with Crippen LogP contribution in [0.5, 0.6) is 0 Å². The minimum absolute atomic E-state index is 0.109. The van der Waals surface area contributed by atoms with E-state index in [0.717, 1.165) is 23.6 Å². The van der Waals surface area contributed by atoms with Crippen LogP contribution in [0, 0.1) is 5.92 Å². The number of hydrogen-bond donors (Lipinski definition) is 3. The van der Waals surface area contributed by atoms with Gasteiger partial charge in [0.1, 0.15) is 6.04 Å². The highest BCUT2D eigenvalue weighted by Crippen LogP contribution is 2.31. The van der Waals surface area contributed by atoms with Crippen LogP contribution >= 0.6 is 0 Å². The van der Waals surface area contributed by atoms with Crippen LogP contribution in [0.4, 0.5) is 5.69 Å². The number of carbonyl (C=O) groups excluding carboxylic acids is 4. The molecule has 1 saturated heterocycles. The van der Waals surface area contributed by atoms with Crippen LogP contribution in [0.25, 0.3) is 0 Å². The lowest BCUT2D eigenvalue weighted by Gasteiger charge is -2.27. The van der Waals surface area contributed by atoms with Gasteiger partial charge < -0.3 is 11.1 Å². The van der Waals surface area contributed by atoms with Crippen molar-refractivity contribution in [3.05, 3.63) is 29.3 Å². The summed E-state index contributed by atoms with van der Waals surface area (Å²) in [7, 11) is 0. The molecule has 1 aromatic rings. The fraction of sp³-hybridized carbons (Fsp3) is 0.412. The molecule has 4 rings (SSSR count). The number of fused-ring (bicyclic) bond motifs is 1. The Bertz CT molecular complexity index is 806. The molecule has 0 aromatic heterocycles. The lowest BCUT2D eigenvalue weighted by molar-refractivity contribution is -0.136. The van der Waals surface area contributed by atoms with Crippen molar-refractivity contribution in [2.45, 2.75) is 31.3 Å². The number of carbonyl (C=O) groups is 4. The third-order valence-electron chi connectivity index (χ3n) is 4.99. The molecule has 1 unspecified atom stereocenters. The molecule has 2 fully saturated rings. The first-order valence-corrected chi connectivity index (χ1v) is 8.31. The Hall–Kier alpha value is -2.74. The van der Waals surface area contributed by atoms with E-state index < -0.39 is 23.8 Å². The summed E-state index contributed by atoms with van der Waals surface area (Å²) >= 11 is 0. The third kappa shape index (κ3) is 2.68. The van der Waals surface area contributed by atoms with Crippen molar-refractivity contribution >= 4 is 29.3 Å². The van der Waals surface area contributed by atoms with Crippen molar-refractivity contribution in [2.75, 3.05) is 11.9 Å². The zero-order valence-electron chi connectivity index (χ0n) is 13.5. The number of benzene rings is 1. The van der Waals surface area contributed by atoms with Gasteiger partial charge in [0.15, 0.2) is 0 Å². The summed E-state index contributed by atoms with van der Waals surface area (Å²) in [5.74, 6) is -1.55. The average molecular weight is 342 g/mol. The number of imide groups is 2. The molecule has 0 radical (unpaired) electrons. The first-order chi connectivity index (χ1) is 12.0. The second kappa shape index (κ2) is 5.66. The zero-order valence-corrected chi connectivity index (χ0v) is 13.5.